The third-order valence-corrected chi connectivity index (χ3v) is 3.35. The molecule has 2 rings (SSSR count). The molecule has 1 saturated heterocycles. The molecule has 1 aliphatic rings. The Balaban J connectivity index is 1.99. The van der Waals surface area contributed by atoms with Gasteiger partial charge in [-0.2, -0.15) is 4.98 Å². The van der Waals surface area contributed by atoms with Crippen LogP contribution in [0.15, 0.2) is 12.3 Å². The van der Waals surface area contributed by atoms with Crippen LogP contribution in [0.2, 0.25) is 0 Å². The van der Waals surface area contributed by atoms with Crippen LogP contribution < -0.4 is 9.64 Å². The van der Waals surface area contributed by atoms with E-state index in [1.54, 1.807) is 12.3 Å². The number of anilines is 1. The minimum Gasteiger partial charge on any atom is -0.478 e. The summed E-state index contributed by atoms with van der Waals surface area (Å²) >= 11 is 5.80. The Hall–Kier alpha value is -1.07. The molecule has 6 heteroatoms. The molecule has 0 radical (unpaired) electrons. The predicted octanol–water partition coefficient (Wildman–Crippen LogP) is 1.63. The Labute approximate surface area is 119 Å². The first-order chi connectivity index (χ1) is 9.33. The van der Waals surface area contributed by atoms with Gasteiger partial charge < -0.3 is 14.5 Å². The largest absolute Gasteiger partial charge is 0.478 e. The molecule has 0 aromatic carbocycles. The fraction of sp³-hybridized carbons (Fsp3) is 0.692. The summed E-state index contributed by atoms with van der Waals surface area (Å²) < 4.78 is 5.42. The van der Waals surface area contributed by atoms with Crippen molar-refractivity contribution in [2.24, 2.45) is 0 Å². The summed E-state index contributed by atoms with van der Waals surface area (Å²) in [7, 11) is 0. The minimum atomic E-state index is 0.625. The van der Waals surface area contributed by atoms with Gasteiger partial charge in [0.2, 0.25) is 11.8 Å². The monoisotopic (exact) mass is 284 g/mol. The zero-order chi connectivity index (χ0) is 13.5. The average Bonchev–Trinajstić information content (AvgIpc) is 2.66. The summed E-state index contributed by atoms with van der Waals surface area (Å²) in [5.74, 6) is 2.10. The van der Waals surface area contributed by atoms with Gasteiger partial charge in [-0.25, -0.2) is 4.98 Å². The van der Waals surface area contributed by atoms with Crippen LogP contribution in [0.5, 0.6) is 5.88 Å². The first kappa shape index (κ1) is 14.3. The highest BCUT2D eigenvalue weighted by Gasteiger charge is 2.16. The Morgan fingerprint density at radius 3 is 3.00 bits per heavy atom. The van der Waals surface area contributed by atoms with Crippen LogP contribution in [0.3, 0.4) is 0 Å². The van der Waals surface area contributed by atoms with Gasteiger partial charge in [0.15, 0.2) is 0 Å². The highest BCUT2D eigenvalue weighted by Crippen LogP contribution is 2.14. The summed E-state index contributed by atoms with van der Waals surface area (Å²) in [6, 6.07) is 1.80. The van der Waals surface area contributed by atoms with Crippen molar-refractivity contribution in [3.05, 3.63) is 12.3 Å². The second-order valence-electron chi connectivity index (χ2n) is 4.50. The van der Waals surface area contributed by atoms with Gasteiger partial charge in [-0.3, -0.25) is 0 Å². The second-order valence-corrected chi connectivity index (χ2v) is 4.88. The summed E-state index contributed by atoms with van der Waals surface area (Å²) in [5, 5.41) is 0. The van der Waals surface area contributed by atoms with E-state index in [1.807, 2.05) is 6.92 Å². The van der Waals surface area contributed by atoms with Crippen LogP contribution in [0.1, 0.15) is 13.3 Å². The highest BCUT2D eigenvalue weighted by molar-refractivity contribution is 6.18. The van der Waals surface area contributed by atoms with E-state index in [4.69, 9.17) is 16.3 Å². The number of nitrogens with zero attached hydrogens (tertiary/aromatic N) is 4. The lowest BCUT2D eigenvalue weighted by Gasteiger charge is -2.21. The molecule has 19 heavy (non-hydrogen) atoms. The maximum absolute atomic E-state index is 5.80. The van der Waals surface area contributed by atoms with E-state index in [-0.39, 0.29) is 0 Å². The van der Waals surface area contributed by atoms with Crippen LogP contribution in [-0.2, 0) is 0 Å². The van der Waals surface area contributed by atoms with E-state index in [1.165, 1.54) is 0 Å². The van der Waals surface area contributed by atoms with Gasteiger partial charge >= 0.3 is 0 Å². The van der Waals surface area contributed by atoms with Crippen molar-refractivity contribution in [1.29, 1.82) is 0 Å². The van der Waals surface area contributed by atoms with E-state index in [2.05, 4.69) is 19.8 Å². The molecule has 0 aliphatic carbocycles. The standard InChI is InChI=1S/C13H21ClN4O/c1-2-19-12-4-6-15-13(16-12)18-8-3-7-17(9-5-14)10-11-18/h4,6H,2-3,5,7-11H2,1H3. The topological polar surface area (TPSA) is 41.5 Å². The molecule has 1 aromatic rings. The molecule has 0 unspecified atom stereocenters. The summed E-state index contributed by atoms with van der Waals surface area (Å²) in [4.78, 5) is 13.4. The van der Waals surface area contributed by atoms with Crippen LogP contribution in [-0.4, -0.2) is 60.1 Å². The number of ether oxygens (including phenoxy) is 1. The van der Waals surface area contributed by atoms with Gasteiger partial charge in [0.05, 0.1) is 6.61 Å². The molecule has 0 spiro atoms. The lowest BCUT2D eigenvalue weighted by atomic mass is 10.4. The van der Waals surface area contributed by atoms with Crippen molar-refractivity contribution in [2.45, 2.75) is 13.3 Å². The van der Waals surface area contributed by atoms with Gasteiger partial charge in [0.1, 0.15) is 0 Å². The smallest absolute Gasteiger partial charge is 0.228 e. The number of aromatic nitrogens is 2. The maximum atomic E-state index is 5.80. The van der Waals surface area contributed by atoms with Crippen molar-refractivity contribution >= 4 is 17.5 Å². The minimum absolute atomic E-state index is 0.625. The number of halogens is 1. The molecule has 1 fully saturated rings. The van der Waals surface area contributed by atoms with E-state index in [9.17, 15) is 0 Å². The molecular weight excluding hydrogens is 264 g/mol. The molecule has 106 valence electrons. The number of alkyl halides is 1. The molecule has 0 amide bonds. The molecule has 1 aliphatic heterocycles. The van der Waals surface area contributed by atoms with Crippen molar-refractivity contribution in [2.75, 3.05) is 50.1 Å². The SMILES string of the molecule is CCOc1ccnc(N2CCCN(CCCl)CC2)n1. The molecular formula is C13H21ClN4O. The van der Waals surface area contributed by atoms with Crippen molar-refractivity contribution in [3.8, 4) is 5.88 Å². The molecule has 0 bridgehead atoms. The zero-order valence-corrected chi connectivity index (χ0v) is 12.1. The van der Waals surface area contributed by atoms with Gasteiger partial charge in [0, 0.05) is 44.3 Å². The molecule has 1 aromatic heterocycles. The third kappa shape index (κ3) is 4.21. The van der Waals surface area contributed by atoms with E-state index >= 15 is 0 Å². The van der Waals surface area contributed by atoms with E-state index < -0.39 is 0 Å². The predicted molar refractivity (Wildman–Crippen MR) is 77.2 cm³/mol. The fourth-order valence-corrected chi connectivity index (χ4v) is 2.47. The average molecular weight is 285 g/mol. The number of rotatable bonds is 5. The van der Waals surface area contributed by atoms with Crippen molar-refractivity contribution in [1.82, 2.24) is 14.9 Å². The first-order valence-electron chi connectivity index (χ1n) is 6.82. The van der Waals surface area contributed by atoms with Crippen molar-refractivity contribution in [3.63, 3.8) is 0 Å². The Kier molecular flexibility index (Phi) is 5.66. The Bertz CT molecular complexity index is 391. The number of hydrogen-bond donors (Lipinski definition) is 0. The van der Waals surface area contributed by atoms with Crippen LogP contribution in [0.4, 0.5) is 5.95 Å². The normalized spacial score (nSPS) is 17.3. The van der Waals surface area contributed by atoms with Gasteiger partial charge in [-0.1, -0.05) is 0 Å². The second kappa shape index (κ2) is 7.50. The Morgan fingerprint density at radius 2 is 2.21 bits per heavy atom. The Morgan fingerprint density at radius 1 is 1.32 bits per heavy atom. The summed E-state index contributed by atoms with van der Waals surface area (Å²) in [5.41, 5.74) is 0. The molecule has 5 nitrogen and oxygen atoms in total. The van der Waals surface area contributed by atoms with Crippen LogP contribution in [0, 0.1) is 0 Å². The first-order valence-corrected chi connectivity index (χ1v) is 7.36. The van der Waals surface area contributed by atoms with Crippen LogP contribution in [0.25, 0.3) is 0 Å². The maximum Gasteiger partial charge on any atom is 0.228 e. The van der Waals surface area contributed by atoms with E-state index in [0.717, 1.165) is 45.1 Å². The van der Waals surface area contributed by atoms with E-state index in [0.29, 0.717) is 18.4 Å². The summed E-state index contributed by atoms with van der Waals surface area (Å²) in [6.45, 7) is 7.55. The third-order valence-electron chi connectivity index (χ3n) is 3.18. The summed E-state index contributed by atoms with van der Waals surface area (Å²) in [6.07, 6.45) is 2.87. The highest BCUT2D eigenvalue weighted by atomic mass is 35.5. The molecule has 0 saturated carbocycles. The quantitative estimate of drug-likeness (QED) is 0.769. The lowest BCUT2D eigenvalue weighted by molar-refractivity contribution is 0.311. The van der Waals surface area contributed by atoms with Crippen molar-refractivity contribution < 1.29 is 4.74 Å². The van der Waals surface area contributed by atoms with Gasteiger partial charge in [-0.15, -0.1) is 11.6 Å². The fourth-order valence-electron chi connectivity index (χ4n) is 2.23. The van der Waals surface area contributed by atoms with Crippen LogP contribution >= 0.6 is 11.6 Å². The van der Waals surface area contributed by atoms with Gasteiger partial charge in [0.25, 0.3) is 0 Å². The molecule has 0 atom stereocenters. The number of hydrogen-bond acceptors (Lipinski definition) is 5. The molecule has 0 N–H and O–H groups in total. The zero-order valence-electron chi connectivity index (χ0n) is 11.4. The van der Waals surface area contributed by atoms with Gasteiger partial charge in [-0.05, 0) is 19.9 Å². The molecule has 2 heterocycles. The lowest BCUT2D eigenvalue weighted by Crippen LogP contribution is -2.32.